The van der Waals surface area contributed by atoms with E-state index in [1.807, 2.05) is 6.92 Å². The molecule has 0 heterocycles. The lowest BCUT2D eigenvalue weighted by atomic mass is 10.0. The molecule has 0 amide bonds. The molecule has 0 N–H and O–H groups in total. The van der Waals surface area contributed by atoms with Gasteiger partial charge in [0.1, 0.15) is 5.75 Å². The zero-order valence-electron chi connectivity index (χ0n) is 14.2. The first-order valence-corrected chi connectivity index (χ1v) is 9.74. The van der Waals surface area contributed by atoms with Crippen molar-refractivity contribution in [3.05, 3.63) is 29.3 Å². The SMILES string of the molecule is CCCCCc1ccc(OS(=O)(=O)C(F)(F)F)c(CCCCC)c1. The number of halogens is 3. The molecule has 0 saturated heterocycles. The van der Waals surface area contributed by atoms with Crippen LogP contribution in [0.25, 0.3) is 0 Å². The number of alkyl halides is 3. The summed E-state index contributed by atoms with van der Waals surface area (Å²) in [7, 11) is -5.64. The molecule has 0 spiro atoms. The van der Waals surface area contributed by atoms with Crippen molar-refractivity contribution >= 4 is 10.1 Å². The third kappa shape index (κ3) is 6.34. The highest BCUT2D eigenvalue weighted by Gasteiger charge is 2.48. The van der Waals surface area contributed by atoms with Gasteiger partial charge in [-0.1, -0.05) is 51.7 Å². The van der Waals surface area contributed by atoms with Crippen LogP contribution in [0.2, 0.25) is 0 Å². The molecular formula is C17H25F3O3S. The second kappa shape index (κ2) is 9.30. The Morgan fingerprint density at radius 3 is 2.08 bits per heavy atom. The zero-order chi connectivity index (χ0) is 18.2. The Kier molecular flexibility index (Phi) is 8.06. The highest BCUT2D eigenvalue weighted by Crippen LogP contribution is 2.30. The number of hydrogen-bond acceptors (Lipinski definition) is 3. The summed E-state index contributed by atoms with van der Waals surface area (Å²) in [6.07, 6.45) is 7.13. The molecule has 7 heteroatoms. The van der Waals surface area contributed by atoms with Gasteiger partial charge in [0.05, 0.1) is 0 Å². The summed E-state index contributed by atoms with van der Waals surface area (Å²) in [6, 6.07) is 4.75. The Morgan fingerprint density at radius 2 is 1.54 bits per heavy atom. The van der Waals surface area contributed by atoms with Gasteiger partial charge in [0.25, 0.3) is 0 Å². The van der Waals surface area contributed by atoms with E-state index in [2.05, 4.69) is 11.1 Å². The van der Waals surface area contributed by atoms with E-state index in [1.165, 1.54) is 6.07 Å². The van der Waals surface area contributed by atoms with Crippen molar-refractivity contribution in [1.29, 1.82) is 0 Å². The first-order chi connectivity index (χ1) is 11.2. The van der Waals surface area contributed by atoms with E-state index in [0.29, 0.717) is 12.0 Å². The highest BCUT2D eigenvalue weighted by molar-refractivity contribution is 7.88. The predicted molar refractivity (Wildman–Crippen MR) is 88.5 cm³/mol. The van der Waals surface area contributed by atoms with Crippen LogP contribution in [0, 0.1) is 0 Å². The number of aryl methyl sites for hydroxylation is 2. The molecule has 138 valence electrons. The van der Waals surface area contributed by atoms with E-state index >= 15 is 0 Å². The van der Waals surface area contributed by atoms with Crippen molar-refractivity contribution in [3.63, 3.8) is 0 Å². The largest absolute Gasteiger partial charge is 0.534 e. The van der Waals surface area contributed by atoms with Gasteiger partial charge in [-0.25, -0.2) is 0 Å². The highest BCUT2D eigenvalue weighted by atomic mass is 32.2. The number of benzene rings is 1. The molecule has 1 aromatic rings. The molecule has 0 fully saturated rings. The Hall–Kier alpha value is -1.24. The fourth-order valence-electron chi connectivity index (χ4n) is 2.37. The third-order valence-electron chi connectivity index (χ3n) is 3.73. The molecule has 0 aromatic heterocycles. The molecule has 0 radical (unpaired) electrons. The molecular weight excluding hydrogens is 341 g/mol. The standard InChI is InChI=1S/C17H25F3O3S/c1-3-5-7-9-14-11-12-16(15(13-14)10-8-6-4-2)23-24(21,22)17(18,19)20/h11-13H,3-10H2,1-2H3. The molecule has 0 saturated carbocycles. The van der Waals surface area contributed by atoms with Gasteiger partial charge >= 0.3 is 15.6 Å². The molecule has 0 aliphatic rings. The third-order valence-corrected chi connectivity index (χ3v) is 4.69. The van der Waals surface area contributed by atoms with Crippen LogP contribution >= 0.6 is 0 Å². The first kappa shape index (κ1) is 20.8. The van der Waals surface area contributed by atoms with Crippen molar-refractivity contribution in [2.45, 2.75) is 70.7 Å². The van der Waals surface area contributed by atoms with E-state index in [4.69, 9.17) is 0 Å². The second-order valence-electron chi connectivity index (χ2n) is 5.84. The van der Waals surface area contributed by atoms with Crippen LogP contribution < -0.4 is 4.18 Å². The summed E-state index contributed by atoms with van der Waals surface area (Å²) < 4.78 is 64.4. The minimum atomic E-state index is -5.64. The van der Waals surface area contributed by atoms with Crippen LogP contribution in [0.5, 0.6) is 5.75 Å². The van der Waals surface area contributed by atoms with Crippen molar-refractivity contribution in [2.75, 3.05) is 0 Å². The van der Waals surface area contributed by atoms with Crippen molar-refractivity contribution in [2.24, 2.45) is 0 Å². The summed E-state index contributed by atoms with van der Waals surface area (Å²) in [6.45, 7) is 4.11. The van der Waals surface area contributed by atoms with Crippen LogP contribution in [0.15, 0.2) is 18.2 Å². The topological polar surface area (TPSA) is 43.4 Å². The Morgan fingerprint density at radius 1 is 0.958 bits per heavy atom. The lowest BCUT2D eigenvalue weighted by molar-refractivity contribution is -0.0500. The monoisotopic (exact) mass is 366 g/mol. The maximum atomic E-state index is 12.5. The van der Waals surface area contributed by atoms with Gasteiger partial charge in [-0.05, 0) is 42.9 Å². The van der Waals surface area contributed by atoms with Crippen molar-refractivity contribution < 1.29 is 25.8 Å². The lowest BCUT2D eigenvalue weighted by Gasteiger charge is -2.14. The van der Waals surface area contributed by atoms with E-state index in [9.17, 15) is 21.6 Å². The van der Waals surface area contributed by atoms with Gasteiger partial charge in [0.2, 0.25) is 0 Å². The summed E-state index contributed by atoms with van der Waals surface area (Å²) in [5.74, 6) is -0.220. The Bertz CT molecular complexity index is 610. The fraction of sp³-hybridized carbons (Fsp3) is 0.647. The first-order valence-electron chi connectivity index (χ1n) is 8.33. The molecule has 1 aromatic carbocycles. The van der Waals surface area contributed by atoms with Gasteiger partial charge < -0.3 is 4.18 Å². The van der Waals surface area contributed by atoms with Gasteiger partial charge in [-0.3, -0.25) is 0 Å². The number of unbranched alkanes of at least 4 members (excludes halogenated alkanes) is 4. The van der Waals surface area contributed by atoms with Crippen molar-refractivity contribution in [3.8, 4) is 5.75 Å². The van der Waals surface area contributed by atoms with Crippen LogP contribution in [0.4, 0.5) is 13.2 Å². The van der Waals surface area contributed by atoms with E-state index < -0.39 is 15.6 Å². The van der Waals surface area contributed by atoms with Gasteiger partial charge in [0.15, 0.2) is 0 Å². The molecule has 0 bridgehead atoms. The lowest BCUT2D eigenvalue weighted by Crippen LogP contribution is -2.28. The summed E-state index contributed by atoms with van der Waals surface area (Å²) in [5.41, 5.74) is -3.91. The van der Waals surface area contributed by atoms with Gasteiger partial charge in [-0.2, -0.15) is 21.6 Å². The normalized spacial score (nSPS) is 12.4. The Labute approximate surface area is 142 Å². The van der Waals surface area contributed by atoms with Gasteiger partial charge in [-0.15, -0.1) is 0 Å². The summed E-state index contributed by atoms with van der Waals surface area (Å²) in [5, 5.41) is 0. The van der Waals surface area contributed by atoms with E-state index in [1.54, 1.807) is 12.1 Å². The molecule has 24 heavy (non-hydrogen) atoms. The molecule has 1 rings (SSSR count). The second-order valence-corrected chi connectivity index (χ2v) is 7.38. The summed E-state index contributed by atoms with van der Waals surface area (Å²) in [4.78, 5) is 0. The minimum absolute atomic E-state index is 0.220. The molecule has 3 nitrogen and oxygen atoms in total. The van der Waals surface area contributed by atoms with Gasteiger partial charge in [0, 0.05) is 0 Å². The van der Waals surface area contributed by atoms with E-state index in [0.717, 1.165) is 50.5 Å². The molecule has 0 atom stereocenters. The predicted octanol–water partition coefficient (Wildman–Crippen LogP) is 5.38. The number of hydrogen-bond donors (Lipinski definition) is 0. The fourth-order valence-corrected chi connectivity index (χ4v) is 2.87. The van der Waals surface area contributed by atoms with Crippen molar-refractivity contribution in [1.82, 2.24) is 0 Å². The molecule has 0 unspecified atom stereocenters. The number of rotatable bonds is 10. The van der Waals surface area contributed by atoms with E-state index in [-0.39, 0.29) is 5.75 Å². The zero-order valence-corrected chi connectivity index (χ0v) is 15.0. The van der Waals surface area contributed by atoms with Crippen LogP contribution in [-0.2, 0) is 23.0 Å². The van der Waals surface area contributed by atoms with Crippen LogP contribution in [-0.4, -0.2) is 13.9 Å². The quantitative estimate of drug-likeness (QED) is 0.317. The maximum Gasteiger partial charge on any atom is 0.534 e. The Balaban J connectivity index is 3.00. The minimum Gasteiger partial charge on any atom is -0.376 e. The molecule has 0 aliphatic heterocycles. The average molecular weight is 366 g/mol. The van der Waals surface area contributed by atoms with Crippen LogP contribution in [0.1, 0.15) is 63.5 Å². The average Bonchev–Trinajstić information content (AvgIpc) is 2.48. The smallest absolute Gasteiger partial charge is 0.376 e. The molecule has 0 aliphatic carbocycles. The maximum absolute atomic E-state index is 12.5. The summed E-state index contributed by atoms with van der Waals surface area (Å²) >= 11 is 0. The van der Waals surface area contributed by atoms with Crippen LogP contribution in [0.3, 0.4) is 0 Å².